The van der Waals surface area contributed by atoms with Crippen LogP contribution in [0.2, 0.25) is 0 Å². The first-order valence-corrected chi connectivity index (χ1v) is 7.48. The molecule has 0 spiro atoms. The summed E-state index contributed by atoms with van der Waals surface area (Å²) in [5, 5.41) is 0. The van der Waals surface area contributed by atoms with Gasteiger partial charge in [-0.25, -0.2) is 13.2 Å². The molecule has 1 saturated carbocycles. The van der Waals surface area contributed by atoms with Crippen molar-refractivity contribution in [3.05, 3.63) is 40.5 Å². The molecule has 0 saturated heterocycles. The van der Waals surface area contributed by atoms with E-state index < -0.39 is 17.5 Å². The molecular weight excluding hydrogens is 261 g/mol. The van der Waals surface area contributed by atoms with Crippen LogP contribution in [-0.2, 0) is 6.42 Å². The third-order valence-electron chi connectivity index (χ3n) is 4.92. The maximum Gasteiger partial charge on any atom is 0.169 e. The lowest BCUT2D eigenvalue weighted by Crippen LogP contribution is -2.15. The zero-order valence-electron chi connectivity index (χ0n) is 11.7. The number of allylic oxidation sites excluding steroid dienone is 1. The van der Waals surface area contributed by atoms with Crippen LogP contribution in [0.1, 0.15) is 61.6 Å². The summed E-state index contributed by atoms with van der Waals surface area (Å²) in [5.74, 6) is -1.66. The van der Waals surface area contributed by atoms with Gasteiger partial charge in [0.25, 0.3) is 0 Å². The Hall–Kier alpha value is -1.25. The van der Waals surface area contributed by atoms with E-state index in [4.69, 9.17) is 0 Å². The van der Waals surface area contributed by atoms with E-state index in [-0.39, 0.29) is 11.5 Å². The molecule has 0 atom stereocenters. The molecule has 0 nitrogen and oxygen atoms in total. The molecule has 0 heterocycles. The summed E-state index contributed by atoms with van der Waals surface area (Å²) in [6.45, 7) is 2.18. The topological polar surface area (TPSA) is 0 Å². The summed E-state index contributed by atoms with van der Waals surface area (Å²) in [6, 6.07) is 1.69. The van der Waals surface area contributed by atoms with Crippen LogP contribution in [0.15, 0.2) is 12.1 Å². The highest BCUT2D eigenvalue weighted by Gasteiger charge is 2.29. The Morgan fingerprint density at radius 1 is 1.05 bits per heavy atom. The van der Waals surface area contributed by atoms with Crippen molar-refractivity contribution in [1.29, 1.82) is 0 Å². The average Bonchev–Trinajstić information content (AvgIpc) is 2.84. The van der Waals surface area contributed by atoms with Gasteiger partial charge in [0.15, 0.2) is 11.6 Å². The summed E-state index contributed by atoms with van der Waals surface area (Å²) >= 11 is 0. The van der Waals surface area contributed by atoms with Crippen LogP contribution < -0.4 is 0 Å². The molecule has 3 heteroatoms. The molecule has 2 aliphatic rings. The van der Waals surface area contributed by atoms with Gasteiger partial charge in [-0.2, -0.15) is 0 Å². The molecule has 0 radical (unpaired) electrons. The molecule has 20 heavy (non-hydrogen) atoms. The molecule has 0 bridgehead atoms. The van der Waals surface area contributed by atoms with Gasteiger partial charge in [-0.3, -0.25) is 0 Å². The molecular formula is C17H19F3. The molecule has 0 unspecified atom stereocenters. The van der Waals surface area contributed by atoms with Crippen LogP contribution in [0.4, 0.5) is 13.2 Å². The Labute approximate surface area is 117 Å². The first kappa shape index (κ1) is 13.7. The molecule has 0 N–H and O–H groups in total. The zero-order chi connectivity index (χ0) is 14.3. The highest BCUT2D eigenvalue weighted by Crippen LogP contribution is 2.41. The molecule has 3 rings (SSSR count). The maximum absolute atomic E-state index is 14.2. The molecule has 1 aromatic rings. The Bertz CT molecular complexity index is 552. The summed E-state index contributed by atoms with van der Waals surface area (Å²) in [4.78, 5) is 0. The van der Waals surface area contributed by atoms with Crippen LogP contribution in [0.5, 0.6) is 0 Å². The van der Waals surface area contributed by atoms with E-state index >= 15 is 0 Å². The summed E-state index contributed by atoms with van der Waals surface area (Å²) in [7, 11) is 0. The van der Waals surface area contributed by atoms with Crippen LogP contribution in [-0.4, -0.2) is 0 Å². The van der Waals surface area contributed by atoms with E-state index in [1.807, 2.05) is 0 Å². The number of rotatable bonds is 2. The quantitative estimate of drug-likeness (QED) is 0.669. The van der Waals surface area contributed by atoms with E-state index in [9.17, 15) is 13.2 Å². The van der Waals surface area contributed by atoms with E-state index in [0.717, 1.165) is 32.1 Å². The van der Waals surface area contributed by atoms with Crippen LogP contribution in [0, 0.1) is 17.6 Å². The van der Waals surface area contributed by atoms with Crippen molar-refractivity contribution >= 4 is 5.83 Å². The first-order valence-electron chi connectivity index (χ1n) is 7.48. The number of benzene rings is 1. The third-order valence-corrected chi connectivity index (χ3v) is 4.92. The minimum absolute atomic E-state index is 0.0845. The zero-order valence-corrected chi connectivity index (χ0v) is 11.7. The predicted octanol–water partition coefficient (Wildman–Crippen LogP) is 5.52. The second-order valence-corrected chi connectivity index (χ2v) is 6.01. The summed E-state index contributed by atoms with van der Waals surface area (Å²) in [6.07, 6.45) is 6.81. The first-order chi connectivity index (χ1) is 9.61. The normalized spacial score (nSPS) is 25.5. The second-order valence-electron chi connectivity index (χ2n) is 6.01. The molecule has 2 aliphatic carbocycles. The van der Waals surface area contributed by atoms with Gasteiger partial charge in [0.2, 0.25) is 0 Å². The van der Waals surface area contributed by atoms with Crippen molar-refractivity contribution in [2.75, 3.05) is 0 Å². The number of hydrogen-bond acceptors (Lipinski definition) is 0. The molecule has 0 aromatic heterocycles. The fraction of sp³-hybridized carbons (Fsp3) is 0.529. The molecule has 0 aliphatic heterocycles. The minimum atomic E-state index is -0.999. The largest absolute Gasteiger partial charge is 0.207 e. The van der Waals surface area contributed by atoms with Crippen LogP contribution in [0.25, 0.3) is 5.83 Å². The van der Waals surface area contributed by atoms with E-state index in [1.54, 1.807) is 6.07 Å². The van der Waals surface area contributed by atoms with Gasteiger partial charge in [-0.05, 0) is 61.1 Å². The van der Waals surface area contributed by atoms with Crippen molar-refractivity contribution in [2.45, 2.75) is 51.4 Å². The van der Waals surface area contributed by atoms with Crippen molar-refractivity contribution in [3.8, 4) is 0 Å². The minimum Gasteiger partial charge on any atom is -0.207 e. The van der Waals surface area contributed by atoms with Gasteiger partial charge in [0, 0.05) is 0 Å². The van der Waals surface area contributed by atoms with Crippen molar-refractivity contribution < 1.29 is 13.2 Å². The Morgan fingerprint density at radius 2 is 1.75 bits per heavy atom. The van der Waals surface area contributed by atoms with Crippen molar-refractivity contribution in [1.82, 2.24) is 0 Å². The number of halogens is 3. The lowest BCUT2D eigenvalue weighted by Gasteiger charge is -2.28. The highest BCUT2D eigenvalue weighted by molar-refractivity contribution is 5.69. The SMILES string of the molecule is CCC1CCC(c2cc3c(c(F)c2F)C(F)=CC3)CC1. The van der Waals surface area contributed by atoms with Gasteiger partial charge in [-0.1, -0.05) is 19.4 Å². The smallest absolute Gasteiger partial charge is 0.169 e. The van der Waals surface area contributed by atoms with Gasteiger partial charge in [-0.15, -0.1) is 0 Å². The molecule has 1 aromatic carbocycles. The fourth-order valence-corrected chi connectivity index (χ4v) is 3.60. The third kappa shape index (κ3) is 2.17. The van der Waals surface area contributed by atoms with Gasteiger partial charge in [0.1, 0.15) is 5.83 Å². The van der Waals surface area contributed by atoms with Gasteiger partial charge < -0.3 is 0 Å². The second kappa shape index (κ2) is 5.27. The summed E-state index contributed by atoms with van der Waals surface area (Å²) < 4.78 is 41.8. The highest BCUT2D eigenvalue weighted by atomic mass is 19.2. The van der Waals surface area contributed by atoms with Gasteiger partial charge >= 0.3 is 0 Å². The van der Waals surface area contributed by atoms with Crippen LogP contribution in [0.3, 0.4) is 0 Å². The monoisotopic (exact) mass is 280 g/mol. The Kier molecular flexibility index (Phi) is 3.61. The van der Waals surface area contributed by atoms with E-state index in [0.29, 0.717) is 23.5 Å². The number of fused-ring (bicyclic) bond motifs is 1. The van der Waals surface area contributed by atoms with Crippen LogP contribution >= 0.6 is 0 Å². The van der Waals surface area contributed by atoms with Gasteiger partial charge in [0.05, 0.1) is 5.56 Å². The lowest BCUT2D eigenvalue weighted by molar-refractivity contribution is 0.312. The van der Waals surface area contributed by atoms with E-state index in [2.05, 4.69) is 6.92 Å². The predicted molar refractivity (Wildman–Crippen MR) is 74.1 cm³/mol. The van der Waals surface area contributed by atoms with E-state index in [1.165, 1.54) is 6.08 Å². The fourth-order valence-electron chi connectivity index (χ4n) is 3.60. The van der Waals surface area contributed by atoms with Crippen molar-refractivity contribution in [3.63, 3.8) is 0 Å². The average molecular weight is 280 g/mol. The van der Waals surface area contributed by atoms with Crippen molar-refractivity contribution in [2.24, 2.45) is 5.92 Å². The maximum atomic E-state index is 14.2. The molecule has 108 valence electrons. The summed E-state index contributed by atoms with van der Waals surface area (Å²) in [5.41, 5.74) is 0.890. The Morgan fingerprint density at radius 3 is 2.40 bits per heavy atom. The molecule has 1 fully saturated rings. The molecule has 0 amide bonds. The lowest BCUT2D eigenvalue weighted by atomic mass is 9.77. The Balaban J connectivity index is 1.91. The number of hydrogen-bond donors (Lipinski definition) is 0. The standard InChI is InChI=1S/C17H19F3/c1-2-10-3-5-11(6-4-10)13-9-12-7-8-14(18)15(12)17(20)16(13)19/h8-11H,2-7H2,1H3.